The van der Waals surface area contributed by atoms with Gasteiger partial charge in [-0.2, -0.15) is 11.8 Å². The van der Waals surface area contributed by atoms with Crippen molar-refractivity contribution in [3.05, 3.63) is 0 Å². The molecule has 2 rings (SSSR count). The lowest BCUT2D eigenvalue weighted by Crippen LogP contribution is -2.52. The molecule has 0 aromatic rings. The van der Waals surface area contributed by atoms with Crippen LogP contribution < -0.4 is 0 Å². The normalized spacial score (nSPS) is 35.3. The van der Waals surface area contributed by atoms with Crippen molar-refractivity contribution in [3.8, 4) is 0 Å². The van der Waals surface area contributed by atoms with E-state index in [2.05, 4.69) is 30.5 Å². The Hall–Kier alpha value is 0.310. The lowest BCUT2D eigenvalue weighted by molar-refractivity contribution is 0.0436. The minimum atomic E-state index is 0.864. The molecule has 2 aliphatic heterocycles. The average molecular weight is 199 g/mol. The largest absolute Gasteiger partial charge is 0.300 e. The first-order valence-electron chi connectivity index (χ1n) is 5.59. The summed E-state index contributed by atoms with van der Waals surface area (Å²) in [4.78, 5) is 2.71. The summed E-state index contributed by atoms with van der Waals surface area (Å²) in [5.41, 5.74) is 0. The Morgan fingerprint density at radius 1 is 1.38 bits per heavy atom. The minimum absolute atomic E-state index is 0.864. The van der Waals surface area contributed by atoms with E-state index in [9.17, 15) is 0 Å². The SMILES string of the molecule is CC(C)C1CCN1CC1CCSC1. The molecule has 2 heteroatoms. The van der Waals surface area contributed by atoms with E-state index < -0.39 is 0 Å². The highest BCUT2D eigenvalue weighted by Gasteiger charge is 2.32. The standard InChI is InChI=1S/C11H21NS/c1-9(2)11-3-5-12(11)7-10-4-6-13-8-10/h9-11H,3-8H2,1-2H3. The molecule has 2 unspecified atom stereocenters. The Labute approximate surface area is 86.3 Å². The van der Waals surface area contributed by atoms with Gasteiger partial charge in [0.05, 0.1) is 0 Å². The Balaban J connectivity index is 1.75. The first kappa shape index (κ1) is 9.85. The van der Waals surface area contributed by atoms with Crippen LogP contribution >= 0.6 is 11.8 Å². The lowest BCUT2D eigenvalue weighted by atomic mass is 9.90. The van der Waals surface area contributed by atoms with Gasteiger partial charge in [0, 0.05) is 12.6 Å². The smallest absolute Gasteiger partial charge is 0.0131 e. The Kier molecular flexibility index (Phi) is 3.20. The molecular weight excluding hydrogens is 178 g/mol. The van der Waals surface area contributed by atoms with Crippen LogP contribution in [0.3, 0.4) is 0 Å². The number of nitrogens with zero attached hydrogens (tertiary/aromatic N) is 1. The second-order valence-electron chi connectivity index (χ2n) is 4.82. The van der Waals surface area contributed by atoms with Crippen molar-refractivity contribution in [1.29, 1.82) is 0 Å². The molecule has 0 saturated carbocycles. The zero-order valence-corrected chi connectivity index (χ0v) is 9.65. The highest BCUT2D eigenvalue weighted by atomic mass is 32.2. The molecule has 0 amide bonds. The molecule has 0 radical (unpaired) electrons. The molecule has 76 valence electrons. The van der Waals surface area contributed by atoms with Crippen LogP contribution in [-0.4, -0.2) is 35.5 Å². The summed E-state index contributed by atoms with van der Waals surface area (Å²) in [7, 11) is 0. The summed E-state index contributed by atoms with van der Waals surface area (Å²) in [5.74, 6) is 4.70. The quantitative estimate of drug-likeness (QED) is 0.687. The first-order valence-corrected chi connectivity index (χ1v) is 6.74. The third-order valence-electron chi connectivity index (χ3n) is 3.47. The monoisotopic (exact) mass is 199 g/mol. The average Bonchev–Trinajstić information content (AvgIpc) is 2.48. The Bertz CT molecular complexity index is 163. The van der Waals surface area contributed by atoms with Gasteiger partial charge in [0.15, 0.2) is 0 Å². The molecule has 0 aromatic carbocycles. The zero-order valence-electron chi connectivity index (χ0n) is 8.83. The van der Waals surface area contributed by atoms with Crippen LogP contribution in [0, 0.1) is 11.8 Å². The van der Waals surface area contributed by atoms with E-state index in [-0.39, 0.29) is 0 Å². The summed E-state index contributed by atoms with van der Waals surface area (Å²) in [5, 5.41) is 0. The van der Waals surface area contributed by atoms with E-state index in [1.54, 1.807) is 0 Å². The maximum atomic E-state index is 2.71. The minimum Gasteiger partial charge on any atom is -0.300 e. The van der Waals surface area contributed by atoms with Crippen molar-refractivity contribution in [3.63, 3.8) is 0 Å². The number of hydrogen-bond acceptors (Lipinski definition) is 2. The van der Waals surface area contributed by atoms with Crippen LogP contribution in [0.25, 0.3) is 0 Å². The molecule has 0 N–H and O–H groups in total. The second kappa shape index (κ2) is 4.22. The molecular formula is C11H21NS. The summed E-state index contributed by atoms with van der Waals surface area (Å²) >= 11 is 2.14. The Morgan fingerprint density at radius 3 is 2.69 bits per heavy atom. The maximum absolute atomic E-state index is 2.71. The van der Waals surface area contributed by atoms with Gasteiger partial charge in [0.1, 0.15) is 0 Å². The van der Waals surface area contributed by atoms with Crippen molar-refractivity contribution in [2.24, 2.45) is 11.8 Å². The number of hydrogen-bond donors (Lipinski definition) is 0. The molecule has 13 heavy (non-hydrogen) atoms. The van der Waals surface area contributed by atoms with Crippen molar-refractivity contribution in [1.82, 2.24) is 4.90 Å². The fraction of sp³-hybridized carbons (Fsp3) is 1.00. The van der Waals surface area contributed by atoms with Crippen LogP contribution in [0.4, 0.5) is 0 Å². The molecule has 0 spiro atoms. The van der Waals surface area contributed by atoms with Gasteiger partial charge in [-0.1, -0.05) is 13.8 Å². The predicted octanol–water partition coefficient (Wildman–Crippen LogP) is 2.47. The van der Waals surface area contributed by atoms with Gasteiger partial charge in [-0.15, -0.1) is 0 Å². The van der Waals surface area contributed by atoms with Gasteiger partial charge in [0.25, 0.3) is 0 Å². The number of thioether (sulfide) groups is 1. The second-order valence-corrected chi connectivity index (χ2v) is 5.97. The molecule has 0 aromatic heterocycles. The van der Waals surface area contributed by atoms with Crippen LogP contribution in [0.5, 0.6) is 0 Å². The van der Waals surface area contributed by atoms with Crippen LogP contribution in [0.15, 0.2) is 0 Å². The Morgan fingerprint density at radius 2 is 2.23 bits per heavy atom. The zero-order chi connectivity index (χ0) is 9.26. The summed E-state index contributed by atoms with van der Waals surface area (Å²) < 4.78 is 0. The number of likely N-dealkylation sites (tertiary alicyclic amines) is 1. The van der Waals surface area contributed by atoms with E-state index in [1.807, 2.05) is 0 Å². The molecule has 1 nitrogen and oxygen atoms in total. The topological polar surface area (TPSA) is 3.24 Å². The summed E-state index contributed by atoms with van der Waals surface area (Å²) in [6.45, 7) is 7.47. The van der Waals surface area contributed by atoms with Gasteiger partial charge in [0.2, 0.25) is 0 Å². The van der Waals surface area contributed by atoms with Gasteiger partial charge >= 0.3 is 0 Å². The molecule has 2 saturated heterocycles. The van der Waals surface area contributed by atoms with Crippen molar-refractivity contribution >= 4 is 11.8 Å². The predicted molar refractivity (Wildman–Crippen MR) is 60.2 cm³/mol. The van der Waals surface area contributed by atoms with Crippen LogP contribution in [-0.2, 0) is 0 Å². The molecule has 2 aliphatic rings. The van der Waals surface area contributed by atoms with Gasteiger partial charge < -0.3 is 0 Å². The fourth-order valence-corrected chi connectivity index (χ4v) is 3.77. The highest BCUT2D eigenvalue weighted by molar-refractivity contribution is 7.99. The summed E-state index contributed by atoms with van der Waals surface area (Å²) in [6.07, 6.45) is 2.91. The molecule has 0 aliphatic carbocycles. The molecule has 2 atom stereocenters. The first-order chi connectivity index (χ1) is 6.27. The van der Waals surface area contributed by atoms with Crippen molar-refractivity contribution in [2.75, 3.05) is 24.6 Å². The van der Waals surface area contributed by atoms with Crippen molar-refractivity contribution in [2.45, 2.75) is 32.7 Å². The van der Waals surface area contributed by atoms with Gasteiger partial charge in [-0.25, -0.2) is 0 Å². The van der Waals surface area contributed by atoms with E-state index in [0.29, 0.717) is 0 Å². The highest BCUT2D eigenvalue weighted by Crippen LogP contribution is 2.30. The third-order valence-corrected chi connectivity index (χ3v) is 4.70. The lowest BCUT2D eigenvalue weighted by Gasteiger charge is -2.44. The van der Waals surface area contributed by atoms with Gasteiger partial charge in [-0.05, 0) is 42.7 Å². The molecule has 2 heterocycles. The van der Waals surface area contributed by atoms with Crippen LogP contribution in [0.2, 0.25) is 0 Å². The fourth-order valence-electron chi connectivity index (χ4n) is 2.50. The van der Waals surface area contributed by atoms with Gasteiger partial charge in [-0.3, -0.25) is 4.90 Å². The van der Waals surface area contributed by atoms with E-state index in [0.717, 1.165) is 17.9 Å². The maximum Gasteiger partial charge on any atom is 0.0131 e. The third kappa shape index (κ3) is 2.21. The van der Waals surface area contributed by atoms with E-state index >= 15 is 0 Å². The van der Waals surface area contributed by atoms with Crippen LogP contribution in [0.1, 0.15) is 26.7 Å². The van der Waals surface area contributed by atoms with E-state index in [4.69, 9.17) is 0 Å². The van der Waals surface area contributed by atoms with E-state index in [1.165, 1.54) is 37.4 Å². The molecule has 2 fully saturated rings. The van der Waals surface area contributed by atoms with Crippen molar-refractivity contribution < 1.29 is 0 Å². The number of rotatable bonds is 3. The molecule has 0 bridgehead atoms. The summed E-state index contributed by atoms with van der Waals surface area (Å²) in [6, 6.07) is 0.908.